The third-order valence-corrected chi connectivity index (χ3v) is 13.2. The molecule has 0 aliphatic heterocycles. The molecule has 0 N–H and O–H groups in total. The van der Waals surface area contributed by atoms with Crippen molar-refractivity contribution in [1.82, 2.24) is 0 Å². The molecule has 0 saturated carbocycles. The zero-order valence-electron chi connectivity index (χ0n) is 49.5. The van der Waals surface area contributed by atoms with Crippen LogP contribution in [-0.4, -0.2) is 37.2 Å². The van der Waals surface area contributed by atoms with E-state index in [1.54, 1.807) is 0 Å². The largest absolute Gasteiger partial charge is 0.462 e. The number of allylic oxidation sites excluding steroid dienone is 20. The summed E-state index contributed by atoms with van der Waals surface area (Å²) in [6, 6.07) is 0. The van der Waals surface area contributed by atoms with E-state index in [4.69, 9.17) is 14.2 Å². The van der Waals surface area contributed by atoms with Crippen molar-refractivity contribution >= 4 is 17.9 Å². The van der Waals surface area contributed by atoms with Crippen LogP contribution in [0.1, 0.15) is 284 Å². The fourth-order valence-corrected chi connectivity index (χ4v) is 8.45. The lowest BCUT2D eigenvalue weighted by atomic mass is 10.1. The van der Waals surface area contributed by atoms with Gasteiger partial charge in [0.15, 0.2) is 6.10 Å². The number of carbonyl (C=O) groups is 3. The Morgan fingerprint density at radius 3 is 0.816 bits per heavy atom. The van der Waals surface area contributed by atoms with E-state index >= 15 is 0 Å². The van der Waals surface area contributed by atoms with Crippen molar-refractivity contribution in [2.75, 3.05) is 13.2 Å². The van der Waals surface area contributed by atoms with Crippen molar-refractivity contribution in [2.45, 2.75) is 290 Å². The Labute approximate surface area is 469 Å². The Morgan fingerprint density at radius 2 is 0.513 bits per heavy atom. The van der Waals surface area contributed by atoms with Crippen LogP contribution in [0.4, 0.5) is 0 Å². The Kier molecular flexibility index (Phi) is 59.9. The van der Waals surface area contributed by atoms with Gasteiger partial charge < -0.3 is 14.2 Å². The minimum atomic E-state index is -0.798. The molecular weight excluding hydrogens is 937 g/mol. The Balaban J connectivity index is 4.40. The van der Waals surface area contributed by atoms with Crippen LogP contribution < -0.4 is 0 Å². The lowest BCUT2D eigenvalue weighted by Crippen LogP contribution is -2.30. The molecule has 0 saturated heterocycles. The Morgan fingerprint density at radius 1 is 0.276 bits per heavy atom. The minimum absolute atomic E-state index is 0.0938. The van der Waals surface area contributed by atoms with E-state index in [1.807, 2.05) is 0 Å². The third kappa shape index (κ3) is 60.7. The highest BCUT2D eigenvalue weighted by Crippen LogP contribution is 2.14. The average molecular weight is 1050 g/mol. The highest BCUT2D eigenvalue weighted by molar-refractivity contribution is 5.71. The fourth-order valence-electron chi connectivity index (χ4n) is 8.45. The monoisotopic (exact) mass is 1050 g/mol. The van der Waals surface area contributed by atoms with Crippen LogP contribution in [0.5, 0.6) is 0 Å². The second-order valence-electron chi connectivity index (χ2n) is 20.6. The van der Waals surface area contributed by atoms with Crippen molar-refractivity contribution in [3.05, 3.63) is 122 Å². The van der Waals surface area contributed by atoms with Crippen LogP contribution in [-0.2, 0) is 28.6 Å². The van der Waals surface area contributed by atoms with Gasteiger partial charge in [-0.05, 0) is 135 Å². The highest BCUT2D eigenvalue weighted by Gasteiger charge is 2.19. The van der Waals surface area contributed by atoms with Gasteiger partial charge in [-0.3, -0.25) is 14.4 Å². The summed E-state index contributed by atoms with van der Waals surface area (Å²) in [4.78, 5) is 38.3. The van der Waals surface area contributed by atoms with E-state index in [0.717, 1.165) is 141 Å². The first-order valence-electron chi connectivity index (χ1n) is 31.5. The fraction of sp³-hybridized carbons (Fsp3) is 0.671. The van der Waals surface area contributed by atoms with E-state index in [9.17, 15) is 14.4 Å². The van der Waals surface area contributed by atoms with Gasteiger partial charge >= 0.3 is 17.9 Å². The zero-order valence-corrected chi connectivity index (χ0v) is 49.5. The summed E-state index contributed by atoms with van der Waals surface area (Å²) in [7, 11) is 0. The smallest absolute Gasteiger partial charge is 0.306 e. The van der Waals surface area contributed by atoms with E-state index in [0.29, 0.717) is 19.3 Å². The second-order valence-corrected chi connectivity index (χ2v) is 20.6. The molecule has 6 nitrogen and oxygen atoms in total. The number of esters is 3. The summed E-state index contributed by atoms with van der Waals surface area (Å²) in [6.45, 7) is 6.47. The van der Waals surface area contributed by atoms with E-state index in [1.165, 1.54) is 103 Å². The van der Waals surface area contributed by atoms with Gasteiger partial charge in [0.2, 0.25) is 0 Å². The average Bonchev–Trinajstić information content (AvgIpc) is 3.42. The number of hydrogen-bond acceptors (Lipinski definition) is 6. The molecule has 1 unspecified atom stereocenters. The van der Waals surface area contributed by atoms with E-state index in [-0.39, 0.29) is 31.1 Å². The highest BCUT2D eigenvalue weighted by atomic mass is 16.6. The molecule has 0 bridgehead atoms. The van der Waals surface area contributed by atoms with Crippen LogP contribution in [0.3, 0.4) is 0 Å². The van der Waals surface area contributed by atoms with Gasteiger partial charge in [-0.1, -0.05) is 251 Å². The summed E-state index contributed by atoms with van der Waals surface area (Å²) >= 11 is 0. The van der Waals surface area contributed by atoms with Crippen LogP contribution in [0.2, 0.25) is 0 Å². The quantitative estimate of drug-likeness (QED) is 0.0261. The molecule has 0 aliphatic rings. The molecule has 76 heavy (non-hydrogen) atoms. The van der Waals surface area contributed by atoms with Gasteiger partial charge in [0.25, 0.3) is 0 Å². The van der Waals surface area contributed by atoms with E-state index in [2.05, 4.69) is 142 Å². The van der Waals surface area contributed by atoms with Gasteiger partial charge in [-0.2, -0.15) is 0 Å². The maximum Gasteiger partial charge on any atom is 0.306 e. The second kappa shape index (κ2) is 63.3. The first kappa shape index (κ1) is 71.8. The summed E-state index contributed by atoms with van der Waals surface area (Å²) < 4.78 is 16.9. The summed E-state index contributed by atoms with van der Waals surface area (Å²) in [5, 5.41) is 0. The summed E-state index contributed by atoms with van der Waals surface area (Å²) in [6.07, 6.45) is 87.6. The SMILES string of the molecule is CC/C=C\C/C=C\C/C=C\C/C=C\C/C=C\C/C=C\C/C=C\CCCCCCCC(=O)OCC(COC(=O)CCCCCCC/C=C\CCCCCC)OC(=O)CCCCCCCCC/C=C\C/C=C\CCCCCC. The lowest BCUT2D eigenvalue weighted by Gasteiger charge is -2.18. The maximum absolute atomic E-state index is 12.9. The summed E-state index contributed by atoms with van der Waals surface area (Å²) in [5.41, 5.74) is 0. The van der Waals surface area contributed by atoms with Crippen molar-refractivity contribution in [1.29, 1.82) is 0 Å². The van der Waals surface area contributed by atoms with Crippen molar-refractivity contribution in [2.24, 2.45) is 0 Å². The molecule has 1 atom stereocenters. The predicted octanol–water partition coefficient (Wildman–Crippen LogP) is 21.6. The number of carbonyl (C=O) groups excluding carboxylic acids is 3. The number of ether oxygens (including phenoxy) is 3. The number of unbranched alkanes of at least 4 members (excludes halogenated alkanes) is 25. The van der Waals surface area contributed by atoms with Crippen LogP contribution in [0.25, 0.3) is 0 Å². The first-order valence-corrected chi connectivity index (χ1v) is 31.5. The maximum atomic E-state index is 12.9. The Hall–Kier alpha value is -4.19. The molecule has 0 heterocycles. The minimum Gasteiger partial charge on any atom is -0.462 e. The molecule has 0 fully saturated rings. The molecule has 0 radical (unpaired) electrons. The molecular formula is C70H116O6. The van der Waals surface area contributed by atoms with Gasteiger partial charge in [0, 0.05) is 19.3 Å². The number of rotatable bonds is 56. The van der Waals surface area contributed by atoms with Crippen LogP contribution in [0.15, 0.2) is 122 Å². The van der Waals surface area contributed by atoms with Crippen LogP contribution >= 0.6 is 0 Å². The molecule has 0 aromatic carbocycles. The third-order valence-electron chi connectivity index (χ3n) is 13.2. The molecule has 0 spiro atoms. The molecule has 0 aromatic rings. The molecule has 0 amide bonds. The first-order chi connectivity index (χ1) is 37.5. The molecule has 432 valence electrons. The lowest BCUT2D eigenvalue weighted by molar-refractivity contribution is -0.167. The van der Waals surface area contributed by atoms with Crippen LogP contribution in [0, 0.1) is 0 Å². The Bertz CT molecular complexity index is 1590. The van der Waals surface area contributed by atoms with Gasteiger partial charge in [0.1, 0.15) is 13.2 Å². The molecule has 6 heteroatoms. The molecule has 0 aliphatic carbocycles. The predicted molar refractivity (Wildman–Crippen MR) is 330 cm³/mol. The number of hydrogen-bond donors (Lipinski definition) is 0. The summed E-state index contributed by atoms with van der Waals surface area (Å²) in [5.74, 6) is -0.926. The standard InChI is InChI=1S/C70H116O6/c1-4-7-10-13-16-19-22-25-27-29-31-32-33-34-35-36-37-38-39-41-42-45-48-51-54-57-60-63-69(72)75-66-67(65-74-68(71)62-59-56-53-50-47-44-24-21-18-15-12-9-6-3)76-70(73)64-61-58-55-52-49-46-43-40-30-28-26-23-20-17-14-11-8-5-2/h7,10,16,19-21,23-25,27-28,30-32,34-35,37-38,41-42,67H,4-6,8-9,11-15,17-18,22,26,29,33,36,39-40,43-66H2,1-3H3/b10-7-,19-16-,23-20-,24-21-,27-25-,30-28-,32-31-,35-34-,38-37-,42-41-. The molecule has 0 aromatic heterocycles. The van der Waals surface area contributed by atoms with Crippen molar-refractivity contribution in [3.8, 4) is 0 Å². The van der Waals surface area contributed by atoms with Crippen molar-refractivity contribution < 1.29 is 28.6 Å². The zero-order chi connectivity index (χ0) is 55.0. The topological polar surface area (TPSA) is 78.9 Å². The van der Waals surface area contributed by atoms with Crippen molar-refractivity contribution in [3.63, 3.8) is 0 Å². The van der Waals surface area contributed by atoms with Gasteiger partial charge in [-0.15, -0.1) is 0 Å². The normalized spacial score (nSPS) is 12.9. The molecule has 0 rings (SSSR count). The van der Waals surface area contributed by atoms with Gasteiger partial charge in [-0.25, -0.2) is 0 Å². The van der Waals surface area contributed by atoms with Gasteiger partial charge in [0.05, 0.1) is 0 Å². The van der Waals surface area contributed by atoms with E-state index < -0.39 is 6.10 Å².